The van der Waals surface area contributed by atoms with Gasteiger partial charge in [0.05, 0.1) is 73.6 Å². The van der Waals surface area contributed by atoms with Crippen molar-refractivity contribution < 1.29 is 85.4 Å². The first-order chi connectivity index (χ1) is 36.4. The Balaban J connectivity index is 2.37. The number of nitrogens with zero attached hydrogens (tertiary/aromatic N) is 1. The van der Waals surface area contributed by atoms with Crippen molar-refractivity contribution >= 4 is 11.9 Å². The molecule has 0 unspecified atom stereocenters. The van der Waals surface area contributed by atoms with Crippen molar-refractivity contribution in [2.45, 2.75) is 287 Å². The van der Waals surface area contributed by atoms with Gasteiger partial charge in [0.15, 0.2) is 12.2 Å². The number of aliphatic hydroxyl groups excluding tert-OH is 13. The summed E-state index contributed by atoms with van der Waals surface area (Å²) >= 11 is 0. The van der Waals surface area contributed by atoms with Gasteiger partial charge >= 0.3 is 5.97 Å². The number of nitrogens with two attached hydrogens (primary N) is 2. The molecule has 2 heterocycles. The van der Waals surface area contributed by atoms with E-state index < -0.39 is 122 Å². The molecule has 0 aromatic carbocycles. The second-order valence-electron chi connectivity index (χ2n) is 22.9. The Labute approximate surface area is 459 Å². The molecule has 0 aromatic rings. The number of esters is 1. The number of cyclic esters (lactones) is 1. The molecular formula is C57H107N3O17. The highest BCUT2D eigenvalue weighted by Crippen LogP contribution is 2.32. The molecule has 2 aliphatic heterocycles. The van der Waals surface area contributed by atoms with Crippen LogP contribution in [0.1, 0.15) is 189 Å². The summed E-state index contributed by atoms with van der Waals surface area (Å²) in [5.41, 5.74) is 12.4. The highest BCUT2D eigenvalue weighted by atomic mass is 16.7. The quantitative estimate of drug-likeness (QED) is 0.0391. The molecule has 20 nitrogen and oxygen atoms in total. The molecule has 452 valence electrons. The number of carbonyl (C=O) groups excluding carboxylic acids is 1. The van der Waals surface area contributed by atoms with Gasteiger partial charge in [-0.2, -0.15) is 0 Å². The van der Waals surface area contributed by atoms with E-state index in [0.29, 0.717) is 108 Å². The zero-order valence-electron chi connectivity index (χ0n) is 47.4. The molecule has 17 N–H and O–H groups in total. The zero-order chi connectivity index (χ0) is 57.8. The molecule has 1 saturated heterocycles. The van der Waals surface area contributed by atoms with Gasteiger partial charge in [0.1, 0.15) is 30.5 Å². The number of hydrogen-bond acceptors (Lipinski definition) is 18. The largest absolute Gasteiger partial charge is 0.461 e. The van der Waals surface area contributed by atoms with Crippen LogP contribution >= 0.6 is 0 Å². The molecule has 0 saturated carbocycles. The normalized spacial score (nSPS) is 38.0. The van der Waals surface area contributed by atoms with Crippen molar-refractivity contribution in [3.05, 3.63) is 23.3 Å². The fourth-order valence-corrected chi connectivity index (χ4v) is 10.7. The standard InChI is InChI=1S/C57H107N3O17/c1-7-8-9-10-21-45-51(71)35(3)24-25-40(63)19-13-18-39(62)20-14-22-46(68)36(4)28-49(75-56-53(73)52(72)50(33-61)76-56)48(70)32-44(67)31-43(66)30-42(65)29-41(64)17-12-11-16-34(2)27-37(5)54(77-55(45)74)38(6)47(69)23-15-26-60-57(58)59/h27-28,35,37-54,56,61-73H,7-26,29-33H2,1-6H3,(H4,58,59,60)/b34-27+,36-28+/t35-,37-,38-,39+,40-,41+,42-,43-,44+,45+,46+,47-,48-,49-,50-,51+,52-,53+,54-,56-/m1/s1. The van der Waals surface area contributed by atoms with E-state index in [1.807, 2.05) is 33.8 Å². The highest BCUT2D eigenvalue weighted by molar-refractivity contribution is 5.75. The smallest absolute Gasteiger partial charge is 0.311 e. The fourth-order valence-electron chi connectivity index (χ4n) is 10.7. The lowest BCUT2D eigenvalue weighted by Crippen LogP contribution is -2.42. The number of aliphatic hydroxyl groups is 13. The Hall–Kier alpha value is -2.38. The van der Waals surface area contributed by atoms with Crippen LogP contribution in [0.5, 0.6) is 0 Å². The van der Waals surface area contributed by atoms with Crippen LogP contribution in [-0.4, -0.2) is 189 Å². The Morgan fingerprint density at radius 1 is 0.714 bits per heavy atom. The summed E-state index contributed by atoms with van der Waals surface area (Å²) in [7, 11) is 0. The van der Waals surface area contributed by atoms with Gasteiger partial charge in [0.25, 0.3) is 0 Å². The maximum atomic E-state index is 14.4. The van der Waals surface area contributed by atoms with E-state index in [1.165, 1.54) is 6.08 Å². The van der Waals surface area contributed by atoms with E-state index in [1.54, 1.807) is 6.92 Å². The monoisotopic (exact) mass is 1110 g/mol. The molecule has 20 atom stereocenters. The van der Waals surface area contributed by atoms with E-state index in [4.69, 9.17) is 25.7 Å². The highest BCUT2D eigenvalue weighted by Gasteiger charge is 2.45. The van der Waals surface area contributed by atoms with Crippen LogP contribution < -0.4 is 11.5 Å². The van der Waals surface area contributed by atoms with Gasteiger partial charge in [-0.25, -0.2) is 0 Å². The topological polar surface area (TPSA) is 372 Å². The summed E-state index contributed by atoms with van der Waals surface area (Å²) in [5, 5.41) is 142. The van der Waals surface area contributed by atoms with Gasteiger partial charge < -0.3 is 92.1 Å². The summed E-state index contributed by atoms with van der Waals surface area (Å²) in [5.74, 6) is -2.63. The maximum absolute atomic E-state index is 14.4. The van der Waals surface area contributed by atoms with Crippen molar-refractivity contribution in [2.24, 2.45) is 40.1 Å². The molecule has 0 aromatic heterocycles. The summed E-state index contributed by atoms with van der Waals surface area (Å²) in [6, 6.07) is 0. The molecule has 0 amide bonds. The van der Waals surface area contributed by atoms with Crippen LogP contribution in [0.15, 0.2) is 28.3 Å². The van der Waals surface area contributed by atoms with Crippen molar-refractivity contribution in [1.82, 2.24) is 0 Å². The van der Waals surface area contributed by atoms with Crippen LogP contribution in [0.2, 0.25) is 0 Å². The van der Waals surface area contributed by atoms with Crippen LogP contribution in [0.3, 0.4) is 0 Å². The fraction of sp³-hybridized carbons (Fsp3) is 0.895. The third-order valence-electron chi connectivity index (χ3n) is 15.7. The van der Waals surface area contributed by atoms with Crippen molar-refractivity contribution in [3.63, 3.8) is 0 Å². The molecule has 0 spiro atoms. The zero-order valence-corrected chi connectivity index (χ0v) is 47.4. The minimum absolute atomic E-state index is 0.0262. The van der Waals surface area contributed by atoms with E-state index in [0.717, 1.165) is 24.8 Å². The molecule has 77 heavy (non-hydrogen) atoms. The van der Waals surface area contributed by atoms with E-state index >= 15 is 0 Å². The lowest BCUT2D eigenvalue weighted by atomic mass is 9.83. The number of allylic oxidation sites excluding steroid dienone is 1. The lowest BCUT2D eigenvalue weighted by Gasteiger charge is -2.34. The third-order valence-corrected chi connectivity index (χ3v) is 15.7. The lowest BCUT2D eigenvalue weighted by molar-refractivity contribution is -0.202. The molecular weight excluding hydrogens is 999 g/mol. The van der Waals surface area contributed by atoms with Gasteiger partial charge in [0, 0.05) is 24.8 Å². The first-order valence-electron chi connectivity index (χ1n) is 29.1. The Kier molecular flexibility index (Phi) is 35.2. The summed E-state index contributed by atoms with van der Waals surface area (Å²) in [6.45, 7) is 11.0. The van der Waals surface area contributed by atoms with E-state index in [2.05, 4.69) is 11.9 Å². The predicted octanol–water partition coefficient (Wildman–Crippen LogP) is 3.03. The Bertz CT molecular complexity index is 1670. The van der Waals surface area contributed by atoms with Gasteiger partial charge in [-0.15, -0.1) is 0 Å². The summed E-state index contributed by atoms with van der Waals surface area (Å²) in [4.78, 5) is 18.4. The minimum Gasteiger partial charge on any atom is -0.461 e. The van der Waals surface area contributed by atoms with Crippen LogP contribution in [0.25, 0.3) is 0 Å². The number of carbonyl (C=O) groups is 1. The van der Waals surface area contributed by atoms with Crippen molar-refractivity contribution in [2.75, 3.05) is 13.2 Å². The number of aliphatic imine (C=N–C) groups is 1. The molecule has 2 rings (SSSR count). The van der Waals surface area contributed by atoms with E-state index in [-0.39, 0.29) is 49.9 Å². The second kappa shape index (κ2) is 38.3. The van der Waals surface area contributed by atoms with Gasteiger partial charge in [0.2, 0.25) is 0 Å². The maximum Gasteiger partial charge on any atom is 0.311 e. The molecule has 0 bridgehead atoms. The Morgan fingerprint density at radius 3 is 1.92 bits per heavy atom. The van der Waals surface area contributed by atoms with Crippen molar-refractivity contribution in [3.8, 4) is 0 Å². The minimum atomic E-state index is -1.59. The first kappa shape index (κ1) is 70.7. The average molecular weight is 1110 g/mol. The number of unbranched alkanes of at least 4 members (excludes halogenated alkanes) is 3. The summed E-state index contributed by atoms with van der Waals surface area (Å²) in [6.07, 6.45) is -5.29. The average Bonchev–Trinajstić information content (AvgIpc) is 3.63. The van der Waals surface area contributed by atoms with Crippen molar-refractivity contribution in [1.29, 1.82) is 0 Å². The second-order valence-corrected chi connectivity index (χ2v) is 22.9. The predicted molar refractivity (Wildman–Crippen MR) is 294 cm³/mol. The van der Waals surface area contributed by atoms with Crippen LogP contribution in [-0.2, 0) is 19.0 Å². The summed E-state index contributed by atoms with van der Waals surface area (Å²) < 4.78 is 17.8. The van der Waals surface area contributed by atoms with Gasteiger partial charge in [-0.3, -0.25) is 9.79 Å². The van der Waals surface area contributed by atoms with Gasteiger partial charge in [-0.05, 0) is 134 Å². The van der Waals surface area contributed by atoms with E-state index in [9.17, 15) is 71.2 Å². The SMILES string of the molecule is CCCCCC[C@@H]1C(=O)O[C@@H]([C@H](C)[C@H](O)CCCN=C(N)N)[C@H](C)/C=C(\C)CCCC[C@H](O)C[C@@H](O)C[C@@H](O)C[C@H](O)C[C@@H](O)[C@H](O[C@@H]2O[C@H](CO)[C@@H](O)[C@@H]2O)/C=C(\C)[C@@H](O)CCC[C@@H](O)CCC[C@@H](O)CC[C@@H](C)[C@@H]1O. The number of guanidine groups is 1. The number of ether oxygens (including phenoxy) is 3. The van der Waals surface area contributed by atoms with Gasteiger partial charge in [-0.1, -0.05) is 77.5 Å². The molecule has 1 fully saturated rings. The number of hydrogen-bond donors (Lipinski definition) is 15. The molecule has 2 aliphatic rings. The molecule has 0 radical (unpaired) electrons. The first-order valence-corrected chi connectivity index (χ1v) is 29.1. The molecule has 20 heteroatoms. The van der Waals surface area contributed by atoms with Crippen LogP contribution in [0.4, 0.5) is 0 Å². The Morgan fingerprint density at radius 2 is 1.31 bits per heavy atom. The number of rotatable bonds is 14. The third kappa shape index (κ3) is 27.8. The molecule has 0 aliphatic carbocycles. The van der Waals surface area contributed by atoms with Crippen LogP contribution in [0, 0.1) is 23.7 Å².